The molecule has 0 spiro atoms. The van der Waals surface area contributed by atoms with Crippen LogP contribution in [0, 0.1) is 5.92 Å². The third-order valence-corrected chi connectivity index (χ3v) is 3.54. The molecule has 0 aromatic carbocycles. The van der Waals surface area contributed by atoms with Gasteiger partial charge in [0.15, 0.2) is 0 Å². The van der Waals surface area contributed by atoms with Crippen LogP contribution in [0.5, 0.6) is 0 Å². The summed E-state index contributed by atoms with van der Waals surface area (Å²) >= 11 is 0. The number of hydrogen-bond donors (Lipinski definition) is 2. The van der Waals surface area contributed by atoms with E-state index < -0.39 is 5.97 Å². The van der Waals surface area contributed by atoms with E-state index in [1.54, 1.807) is 18.5 Å². The van der Waals surface area contributed by atoms with Gasteiger partial charge in [-0.05, 0) is 25.0 Å². The first-order valence-electron chi connectivity index (χ1n) is 6.07. The molecular weight excluding hydrogens is 232 g/mol. The maximum absolute atomic E-state index is 11.1. The second kappa shape index (κ2) is 4.33. The fourth-order valence-corrected chi connectivity index (χ4v) is 2.61. The van der Waals surface area contributed by atoms with Crippen molar-refractivity contribution in [3.8, 4) is 0 Å². The number of pyridine rings is 1. The number of aromatic nitrogens is 1. The first-order chi connectivity index (χ1) is 8.75. The normalized spacial score (nSPS) is 23.3. The molecular formula is C13H14N2O3. The lowest BCUT2D eigenvalue weighted by atomic mass is 10.0. The average Bonchev–Trinajstić information content (AvgIpc) is 2.96. The molecule has 5 nitrogen and oxygen atoms in total. The minimum atomic E-state index is -0.732. The van der Waals surface area contributed by atoms with Gasteiger partial charge in [-0.1, -0.05) is 6.42 Å². The predicted octanol–water partition coefficient (Wildman–Crippen LogP) is 2.49. The average molecular weight is 246 g/mol. The number of anilines is 1. The molecule has 1 aliphatic carbocycles. The summed E-state index contributed by atoms with van der Waals surface area (Å²) in [6.07, 6.45) is 5.82. The summed E-state index contributed by atoms with van der Waals surface area (Å²) < 4.78 is 5.30. The number of nitrogens with one attached hydrogen (secondary N) is 1. The molecule has 2 atom stereocenters. The van der Waals surface area contributed by atoms with Gasteiger partial charge < -0.3 is 14.8 Å². The molecule has 0 saturated heterocycles. The Bertz CT molecular complexity index is 578. The molecule has 5 heteroatoms. The number of nitrogens with zero attached hydrogens (tertiary/aromatic N) is 1. The van der Waals surface area contributed by atoms with Crippen LogP contribution in [0.25, 0.3) is 11.0 Å². The number of carboxylic acid groups (broad SMARTS) is 1. The molecule has 2 N–H and O–H groups in total. The molecule has 0 aliphatic heterocycles. The van der Waals surface area contributed by atoms with Gasteiger partial charge in [-0.25, -0.2) is 4.98 Å². The van der Waals surface area contributed by atoms with E-state index in [-0.39, 0.29) is 12.0 Å². The highest BCUT2D eigenvalue weighted by Crippen LogP contribution is 2.30. The quantitative estimate of drug-likeness (QED) is 0.870. The highest BCUT2D eigenvalue weighted by Gasteiger charge is 2.33. The zero-order chi connectivity index (χ0) is 12.5. The largest absolute Gasteiger partial charge is 0.481 e. The van der Waals surface area contributed by atoms with E-state index in [2.05, 4.69) is 10.3 Å². The molecule has 0 amide bonds. The van der Waals surface area contributed by atoms with Gasteiger partial charge in [0, 0.05) is 12.2 Å². The van der Waals surface area contributed by atoms with Crippen molar-refractivity contribution in [3.05, 3.63) is 24.6 Å². The van der Waals surface area contributed by atoms with Gasteiger partial charge in [-0.2, -0.15) is 0 Å². The van der Waals surface area contributed by atoms with E-state index >= 15 is 0 Å². The second-order valence-electron chi connectivity index (χ2n) is 4.62. The lowest BCUT2D eigenvalue weighted by Gasteiger charge is -2.18. The van der Waals surface area contributed by atoms with Crippen LogP contribution in [-0.4, -0.2) is 22.1 Å². The third-order valence-electron chi connectivity index (χ3n) is 3.54. The van der Waals surface area contributed by atoms with Gasteiger partial charge in [0.05, 0.1) is 17.6 Å². The van der Waals surface area contributed by atoms with Crippen molar-refractivity contribution in [1.82, 2.24) is 4.98 Å². The van der Waals surface area contributed by atoms with Crippen LogP contribution in [0.2, 0.25) is 0 Å². The molecule has 2 unspecified atom stereocenters. The Labute approximate surface area is 104 Å². The van der Waals surface area contributed by atoms with Crippen molar-refractivity contribution in [2.24, 2.45) is 5.92 Å². The third kappa shape index (κ3) is 1.81. The van der Waals surface area contributed by atoms with E-state index in [0.29, 0.717) is 5.82 Å². The van der Waals surface area contributed by atoms with Crippen LogP contribution < -0.4 is 5.32 Å². The summed E-state index contributed by atoms with van der Waals surface area (Å²) in [6, 6.07) is 3.59. The summed E-state index contributed by atoms with van der Waals surface area (Å²) in [4.78, 5) is 15.4. The van der Waals surface area contributed by atoms with Gasteiger partial charge in [0.1, 0.15) is 11.4 Å². The van der Waals surface area contributed by atoms with Crippen molar-refractivity contribution in [3.63, 3.8) is 0 Å². The summed E-state index contributed by atoms with van der Waals surface area (Å²) in [7, 11) is 0. The fraction of sp³-hybridized carbons (Fsp3) is 0.385. The summed E-state index contributed by atoms with van der Waals surface area (Å²) in [5, 5.41) is 13.3. The molecule has 2 aromatic heterocycles. The Hall–Kier alpha value is -2.04. The molecule has 1 fully saturated rings. The Morgan fingerprint density at radius 1 is 1.44 bits per heavy atom. The Morgan fingerprint density at radius 3 is 3.17 bits per heavy atom. The Morgan fingerprint density at radius 2 is 2.33 bits per heavy atom. The van der Waals surface area contributed by atoms with Gasteiger partial charge in [-0.15, -0.1) is 0 Å². The number of fused-ring (bicyclic) bond motifs is 1. The van der Waals surface area contributed by atoms with Gasteiger partial charge in [-0.3, -0.25) is 4.79 Å². The minimum Gasteiger partial charge on any atom is -0.481 e. The first-order valence-corrected chi connectivity index (χ1v) is 6.07. The lowest BCUT2D eigenvalue weighted by Crippen LogP contribution is -2.30. The van der Waals surface area contributed by atoms with E-state index in [9.17, 15) is 4.79 Å². The molecule has 2 heterocycles. The van der Waals surface area contributed by atoms with Gasteiger partial charge in [0.2, 0.25) is 0 Å². The molecule has 3 rings (SSSR count). The van der Waals surface area contributed by atoms with Crippen molar-refractivity contribution in [1.29, 1.82) is 0 Å². The molecule has 0 radical (unpaired) electrons. The standard InChI is InChI=1S/C13H14N2O3/c16-13(17)8-2-1-3-10(8)15-12-9-5-7-18-11(9)4-6-14-12/h4-8,10H,1-3H2,(H,14,15)(H,16,17). The van der Waals surface area contributed by atoms with Gasteiger partial charge in [0.25, 0.3) is 0 Å². The van der Waals surface area contributed by atoms with E-state index in [4.69, 9.17) is 9.52 Å². The molecule has 0 bridgehead atoms. The smallest absolute Gasteiger partial charge is 0.308 e. The zero-order valence-corrected chi connectivity index (χ0v) is 9.80. The summed E-state index contributed by atoms with van der Waals surface area (Å²) in [5.41, 5.74) is 0.761. The first kappa shape index (κ1) is 11.1. The van der Waals surface area contributed by atoms with Gasteiger partial charge >= 0.3 is 5.97 Å². The number of aliphatic carboxylic acids is 1. The summed E-state index contributed by atoms with van der Waals surface area (Å²) in [5.74, 6) is -0.349. The lowest BCUT2D eigenvalue weighted by molar-refractivity contribution is -0.141. The second-order valence-corrected chi connectivity index (χ2v) is 4.62. The maximum Gasteiger partial charge on any atom is 0.308 e. The molecule has 1 aliphatic rings. The van der Waals surface area contributed by atoms with Crippen LogP contribution in [-0.2, 0) is 4.79 Å². The molecule has 2 aromatic rings. The van der Waals surface area contributed by atoms with Crippen LogP contribution in [0.3, 0.4) is 0 Å². The number of carbonyl (C=O) groups is 1. The summed E-state index contributed by atoms with van der Waals surface area (Å²) in [6.45, 7) is 0. The van der Waals surface area contributed by atoms with Crippen molar-refractivity contribution in [2.75, 3.05) is 5.32 Å². The van der Waals surface area contributed by atoms with E-state index in [1.165, 1.54) is 0 Å². The molecule has 1 saturated carbocycles. The number of hydrogen-bond acceptors (Lipinski definition) is 4. The predicted molar refractivity (Wildman–Crippen MR) is 66.4 cm³/mol. The fourth-order valence-electron chi connectivity index (χ4n) is 2.61. The van der Waals surface area contributed by atoms with Crippen molar-refractivity contribution in [2.45, 2.75) is 25.3 Å². The maximum atomic E-state index is 11.1. The monoisotopic (exact) mass is 246 g/mol. The van der Waals surface area contributed by atoms with Crippen LogP contribution >= 0.6 is 0 Å². The van der Waals surface area contributed by atoms with Crippen LogP contribution in [0.15, 0.2) is 29.0 Å². The molecule has 94 valence electrons. The minimum absolute atomic E-state index is 0.0458. The number of furan rings is 1. The van der Waals surface area contributed by atoms with Crippen LogP contribution in [0.4, 0.5) is 5.82 Å². The number of rotatable bonds is 3. The number of carboxylic acids is 1. The highest BCUT2D eigenvalue weighted by atomic mass is 16.4. The molecule has 18 heavy (non-hydrogen) atoms. The SMILES string of the molecule is O=C(O)C1CCCC1Nc1nccc2occc12. The van der Waals surface area contributed by atoms with Crippen LogP contribution in [0.1, 0.15) is 19.3 Å². The van der Waals surface area contributed by atoms with E-state index in [1.807, 2.05) is 6.07 Å². The highest BCUT2D eigenvalue weighted by molar-refractivity contribution is 5.88. The van der Waals surface area contributed by atoms with Crippen molar-refractivity contribution >= 4 is 22.8 Å². The topological polar surface area (TPSA) is 75.4 Å². The Balaban J connectivity index is 1.88. The Kier molecular flexibility index (Phi) is 2.66. The van der Waals surface area contributed by atoms with Crippen molar-refractivity contribution < 1.29 is 14.3 Å². The van der Waals surface area contributed by atoms with E-state index in [0.717, 1.165) is 30.2 Å². The zero-order valence-electron chi connectivity index (χ0n) is 9.80.